The van der Waals surface area contributed by atoms with Gasteiger partial charge in [0, 0.05) is 17.1 Å². The Labute approximate surface area is 147 Å². The van der Waals surface area contributed by atoms with Crippen LogP contribution in [0.3, 0.4) is 0 Å². The van der Waals surface area contributed by atoms with Crippen molar-refractivity contribution in [3.63, 3.8) is 0 Å². The van der Waals surface area contributed by atoms with Crippen LogP contribution in [0, 0.1) is 0 Å². The maximum Gasteiger partial charge on any atom is 0.269 e. The number of hydrogen-bond acceptors (Lipinski definition) is 4. The van der Waals surface area contributed by atoms with E-state index >= 15 is 0 Å². The van der Waals surface area contributed by atoms with Crippen LogP contribution in [0.15, 0.2) is 64.9 Å². The summed E-state index contributed by atoms with van der Waals surface area (Å²) in [6.45, 7) is 0.324. The Balaban J connectivity index is 1.66. The Bertz CT molecular complexity index is 775. The van der Waals surface area contributed by atoms with Gasteiger partial charge >= 0.3 is 0 Å². The first-order valence-corrected chi connectivity index (χ1v) is 8.16. The van der Waals surface area contributed by atoms with Gasteiger partial charge in [-0.2, -0.15) is 0 Å². The van der Waals surface area contributed by atoms with Crippen LogP contribution >= 0.6 is 15.9 Å². The number of pyridine rings is 1. The zero-order chi connectivity index (χ0) is 16.9. The van der Waals surface area contributed by atoms with Gasteiger partial charge in [0.2, 0.25) is 5.91 Å². The van der Waals surface area contributed by atoms with E-state index in [0.29, 0.717) is 17.9 Å². The smallest absolute Gasteiger partial charge is 0.269 e. The highest BCUT2D eigenvalue weighted by molar-refractivity contribution is 9.10. The Morgan fingerprint density at radius 3 is 2.75 bits per heavy atom. The molecular formula is C17H15BrN4O2. The number of hydrazine groups is 1. The highest BCUT2D eigenvalue weighted by atomic mass is 79.9. The molecule has 0 saturated carbocycles. The first-order valence-electron chi connectivity index (χ1n) is 7.37. The number of carbonyl (C=O) groups excluding carboxylic acids is 2. The zero-order valence-electron chi connectivity index (χ0n) is 12.7. The highest BCUT2D eigenvalue weighted by Crippen LogP contribution is 2.20. The minimum Gasteiger partial charge on any atom is -0.345 e. The quantitative estimate of drug-likeness (QED) is 0.845. The lowest BCUT2D eigenvalue weighted by Gasteiger charge is -2.28. The van der Waals surface area contributed by atoms with Crippen molar-refractivity contribution in [3.05, 3.63) is 70.6 Å². The van der Waals surface area contributed by atoms with E-state index in [1.807, 2.05) is 30.3 Å². The first-order chi connectivity index (χ1) is 11.6. The van der Waals surface area contributed by atoms with Gasteiger partial charge in [0.1, 0.15) is 5.70 Å². The molecule has 7 heteroatoms. The zero-order valence-corrected chi connectivity index (χ0v) is 14.3. The molecule has 122 valence electrons. The van der Waals surface area contributed by atoms with Crippen LogP contribution in [0.25, 0.3) is 0 Å². The van der Waals surface area contributed by atoms with Gasteiger partial charge in [-0.25, -0.2) is 5.01 Å². The lowest BCUT2D eigenvalue weighted by atomic mass is 10.2. The minimum absolute atomic E-state index is 0.126. The van der Waals surface area contributed by atoms with Crippen molar-refractivity contribution >= 4 is 33.4 Å². The van der Waals surface area contributed by atoms with E-state index in [0.717, 1.165) is 10.2 Å². The average molecular weight is 387 g/mol. The summed E-state index contributed by atoms with van der Waals surface area (Å²) < 4.78 is 0.916. The lowest BCUT2D eigenvalue weighted by molar-refractivity contribution is -0.120. The summed E-state index contributed by atoms with van der Waals surface area (Å²) in [5, 5.41) is 4.16. The summed E-state index contributed by atoms with van der Waals surface area (Å²) >= 11 is 3.36. The number of hydrogen-bond donors (Lipinski definition) is 2. The third-order valence-corrected chi connectivity index (χ3v) is 3.98. The number of anilines is 1. The number of halogens is 1. The second kappa shape index (κ2) is 7.27. The van der Waals surface area contributed by atoms with Gasteiger partial charge in [0.25, 0.3) is 5.91 Å². The maximum absolute atomic E-state index is 12.3. The molecule has 0 bridgehead atoms. The average Bonchev–Trinajstić information content (AvgIpc) is 2.62. The van der Waals surface area contributed by atoms with Crippen LogP contribution in [0.2, 0.25) is 0 Å². The van der Waals surface area contributed by atoms with Crippen molar-refractivity contribution in [1.82, 2.24) is 15.7 Å². The molecular weight excluding hydrogens is 372 g/mol. The van der Waals surface area contributed by atoms with E-state index in [-0.39, 0.29) is 18.2 Å². The van der Waals surface area contributed by atoms with Crippen LogP contribution in [0.5, 0.6) is 0 Å². The third kappa shape index (κ3) is 3.80. The van der Waals surface area contributed by atoms with Crippen molar-refractivity contribution in [2.45, 2.75) is 13.0 Å². The molecule has 0 fully saturated rings. The van der Waals surface area contributed by atoms with E-state index < -0.39 is 0 Å². The monoisotopic (exact) mass is 386 g/mol. The van der Waals surface area contributed by atoms with Gasteiger partial charge < -0.3 is 5.32 Å². The molecule has 0 saturated heterocycles. The fraction of sp³-hybridized carbons (Fsp3) is 0.118. The van der Waals surface area contributed by atoms with Crippen molar-refractivity contribution in [3.8, 4) is 0 Å². The highest BCUT2D eigenvalue weighted by Gasteiger charge is 2.23. The maximum atomic E-state index is 12.3. The second-order valence-corrected chi connectivity index (χ2v) is 6.06. The van der Waals surface area contributed by atoms with Crippen molar-refractivity contribution in [1.29, 1.82) is 0 Å². The normalized spacial score (nSPS) is 14.0. The molecule has 2 N–H and O–H groups in total. The van der Waals surface area contributed by atoms with E-state index in [2.05, 4.69) is 31.7 Å². The topological polar surface area (TPSA) is 74.3 Å². The Morgan fingerprint density at radius 1 is 1.25 bits per heavy atom. The van der Waals surface area contributed by atoms with Gasteiger partial charge in [-0.05, 0) is 42.5 Å². The number of rotatable bonds is 4. The van der Waals surface area contributed by atoms with Crippen molar-refractivity contribution < 1.29 is 9.59 Å². The molecule has 6 nitrogen and oxygen atoms in total. The van der Waals surface area contributed by atoms with Gasteiger partial charge in [-0.3, -0.25) is 20.0 Å². The summed E-state index contributed by atoms with van der Waals surface area (Å²) in [4.78, 5) is 28.5. The van der Waals surface area contributed by atoms with Crippen molar-refractivity contribution in [2.75, 3.05) is 5.01 Å². The minimum atomic E-state index is -0.282. The largest absolute Gasteiger partial charge is 0.345 e. The third-order valence-electron chi connectivity index (χ3n) is 3.45. The number of amides is 2. The fourth-order valence-electron chi connectivity index (χ4n) is 2.22. The number of carbonyl (C=O) groups is 2. The molecule has 0 radical (unpaired) electrons. The number of nitrogens with zero attached hydrogens (tertiary/aromatic N) is 2. The molecule has 0 aliphatic carbocycles. The van der Waals surface area contributed by atoms with Crippen LogP contribution in [0.4, 0.5) is 5.69 Å². The number of benzene rings is 1. The molecule has 1 aromatic heterocycles. The summed E-state index contributed by atoms with van der Waals surface area (Å²) in [7, 11) is 0. The summed E-state index contributed by atoms with van der Waals surface area (Å²) in [6, 6.07) is 12.8. The van der Waals surface area contributed by atoms with E-state index in [1.54, 1.807) is 24.4 Å². The van der Waals surface area contributed by atoms with Crippen molar-refractivity contribution in [2.24, 2.45) is 0 Å². The Hall–Kier alpha value is -2.67. The standard InChI is InChI=1S/C17H15BrN4O2/c18-12-4-6-14(7-5-12)22-16(23)9-8-15(21-22)17(24)20-11-13-3-1-2-10-19-13/h1-8,10,21H,9,11H2,(H,20,24). The van der Waals surface area contributed by atoms with Gasteiger partial charge in [-0.1, -0.05) is 22.0 Å². The predicted molar refractivity (Wildman–Crippen MR) is 93.5 cm³/mol. The molecule has 0 atom stereocenters. The summed E-state index contributed by atoms with van der Waals surface area (Å²) in [5.74, 6) is -0.408. The first kappa shape index (κ1) is 16.2. The van der Waals surface area contributed by atoms with Gasteiger partial charge in [0.05, 0.1) is 17.9 Å². The molecule has 1 aliphatic rings. The second-order valence-electron chi connectivity index (χ2n) is 5.14. The molecule has 2 amide bonds. The van der Waals surface area contributed by atoms with Gasteiger partial charge in [-0.15, -0.1) is 0 Å². The molecule has 1 aliphatic heterocycles. The summed E-state index contributed by atoms with van der Waals surface area (Å²) in [6.07, 6.45) is 3.43. The number of nitrogens with one attached hydrogen (secondary N) is 2. The predicted octanol–water partition coefficient (Wildman–Crippen LogP) is 2.29. The molecule has 3 rings (SSSR count). The molecule has 24 heavy (non-hydrogen) atoms. The van der Waals surface area contributed by atoms with E-state index in [1.165, 1.54) is 5.01 Å². The van der Waals surface area contributed by atoms with Crippen LogP contribution in [-0.2, 0) is 16.1 Å². The Kier molecular flexibility index (Phi) is 4.90. The van der Waals surface area contributed by atoms with Crippen LogP contribution in [0.1, 0.15) is 12.1 Å². The summed E-state index contributed by atoms with van der Waals surface area (Å²) in [5.41, 5.74) is 4.65. The van der Waals surface area contributed by atoms with E-state index in [4.69, 9.17) is 0 Å². The SMILES string of the molecule is O=C(NCc1ccccn1)C1=CCC(=O)N(c2ccc(Br)cc2)N1. The van der Waals surface area contributed by atoms with Gasteiger partial charge in [0.15, 0.2) is 0 Å². The molecule has 1 aromatic carbocycles. The molecule has 0 unspecified atom stereocenters. The molecule has 2 heterocycles. The lowest BCUT2D eigenvalue weighted by Crippen LogP contribution is -2.48. The number of aromatic nitrogens is 1. The van der Waals surface area contributed by atoms with E-state index in [9.17, 15) is 9.59 Å². The molecule has 0 spiro atoms. The Morgan fingerprint density at radius 2 is 2.04 bits per heavy atom. The molecule has 2 aromatic rings. The fourth-order valence-corrected chi connectivity index (χ4v) is 2.48. The van der Waals surface area contributed by atoms with Crippen LogP contribution < -0.4 is 15.8 Å². The van der Waals surface area contributed by atoms with Crippen LogP contribution in [-0.4, -0.2) is 16.8 Å².